The molecule has 0 aliphatic carbocycles. The number of carbonyl (C=O) groups is 13. The molecule has 0 fully saturated rings. The Balaban J connectivity index is 1.00. The van der Waals surface area contributed by atoms with Crippen LogP contribution >= 0.6 is 0 Å². The number of hydrogen-bond donors (Lipinski definition) is 13. The molecule has 8 rings (SSSR count). The van der Waals surface area contributed by atoms with Gasteiger partial charge in [-0.05, 0) is 193 Å². The zero-order chi connectivity index (χ0) is 92.2. The molecule has 8 aromatic carbocycles. The summed E-state index contributed by atoms with van der Waals surface area (Å²) in [5.41, 5.74) is 7.57. The third kappa shape index (κ3) is 34.3. The normalized spacial score (nSPS) is 11.7. The number of primary amides is 1. The molecule has 0 saturated heterocycles. The number of anilines is 4. The first kappa shape index (κ1) is 98.5. The first-order valence-corrected chi connectivity index (χ1v) is 41.6. The molecule has 0 aliphatic heterocycles. The second kappa shape index (κ2) is 52.0. The topological polar surface area (TPSA) is 475 Å². The van der Waals surface area contributed by atoms with Gasteiger partial charge in [-0.1, -0.05) is 121 Å². The van der Waals surface area contributed by atoms with E-state index in [4.69, 9.17) is 48.4 Å². The Kier molecular flexibility index (Phi) is 40.0. The third-order valence-electron chi connectivity index (χ3n) is 19.3. The van der Waals surface area contributed by atoms with E-state index in [0.29, 0.717) is 19.3 Å². The number of nitrogens with two attached hydrogens (primary N) is 1. The van der Waals surface area contributed by atoms with E-state index in [2.05, 4.69) is 63.8 Å². The van der Waals surface area contributed by atoms with Crippen LogP contribution in [0.4, 0.5) is 46.7 Å². The maximum atomic E-state index is 14.9. The van der Waals surface area contributed by atoms with Crippen LogP contribution in [0, 0.1) is 0 Å². The van der Waals surface area contributed by atoms with E-state index in [1.54, 1.807) is 69.3 Å². The summed E-state index contributed by atoms with van der Waals surface area (Å²) in [4.78, 5) is 179. The van der Waals surface area contributed by atoms with Crippen LogP contribution in [0.5, 0.6) is 23.0 Å². The fraction of sp³-hybridized carbons (Fsp3) is 0.344. The molecule has 0 unspecified atom stereocenters. The van der Waals surface area contributed by atoms with Crippen molar-refractivity contribution < 1.29 is 105 Å². The van der Waals surface area contributed by atoms with Gasteiger partial charge >= 0.3 is 30.5 Å². The number of rotatable bonds is 48. The summed E-state index contributed by atoms with van der Waals surface area (Å²) in [7, 11) is 5.25. The Morgan fingerprint density at radius 1 is 0.297 bits per heavy atom. The molecule has 0 heterocycles. The number of hydrogen-bond acceptors (Lipinski definition) is 22. The van der Waals surface area contributed by atoms with Gasteiger partial charge in [0.05, 0.1) is 50.7 Å². The van der Waals surface area contributed by atoms with Crippen molar-refractivity contribution in [2.24, 2.45) is 5.73 Å². The van der Waals surface area contributed by atoms with Gasteiger partial charge in [0.1, 0.15) is 79.2 Å². The number of unbranched alkanes of at least 4 members (excludes halogenated alkanes) is 4. The van der Waals surface area contributed by atoms with Crippen molar-refractivity contribution in [1.82, 2.24) is 42.5 Å². The van der Waals surface area contributed by atoms with Gasteiger partial charge in [-0.15, -0.1) is 0 Å². The van der Waals surface area contributed by atoms with Crippen LogP contribution in [-0.4, -0.2) is 162 Å². The van der Waals surface area contributed by atoms with Gasteiger partial charge in [-0.25, -0.2) is 24.0 Å². The summed E-state index contributed by atoms with van der Waals surface area (Å²) in [6.45, 7) is 5.61. The molecule has 680 valence electrons. The van der Waals surface area contributed by atoms with E-state index in [1.807, 2.05) is 72.8 Å². The summed E-state index contributed by atoms with van der Waals surface area (Å²) in [6, 6.07) is 47.7. The largest absolute Gasteiger partial charge is 0.496 e. The maximum Gasteiger partial charge on any atom is 0.408 e. The molecule has 13 amide bonds. The Hall–Kier alpha value is -14.9. The van der Waals surface area contributed by atoms with Crippen molar-refractivity contribution in [1.29, 1.82) is 0 Å². The van der Waals surface area contributed by atoms with Gasteiger partial charge < -0.3 is 112 Å². The molecular formula is C93H111N13O22. The highest BCUT2D eigenvalue weighted by Crippen LogP contribution is 2.29. The quantitative estimate of drug-likeness (QED) is 0.0124. The highest BCUT2D eigenvalue weighted by atomic mass is 16.6. The van der Waals surface area contributed by atoms with E-state index in [0.717, 1.165) is 22.3 Å². The highest BCUT2D eigenvalue weighted by Gasteiger charge is 2.31. The molecule has 0 radical (unpaired) electrons. The van der Waals surface area contributed by atoms with Crippen molar-refractivity contribution >= 4 is 100 Å². The Morgan fingerprint density at radius 2 is 0.531 bits per heavy atom. The van der Waals surface area contributed by atoms with Crippen LogP contribution in [-0.2, 0) is 69.3 Å². The van der Waals surface area contributed by atoms with Crippen LogP contribution in [0.3, 0.4) is 0 Å². The Bertz CT molecular complexity index is 5040. The van der Waals surface area contributed by atoms with Crippen LogP contribution in [0.1, 0.15) is 162 Å². The van der Waals surface area contributed by atoms with E-state index in [9.17, 15) is 62.3 Å². The lowest BCUT2D eigenvalue weighted by Crippen LogP contribution is -2.46. The van der Waals surface area contributed by atoms with E-state index >= 15 is 0 Å². The van der Waals surface area contributed by atoms with Crippen molar-refractivity contribution in [2.75, 3.05) is 75.9 Å². The first-order chi connectivity index (χ1) is 61.7. The number of benzene rings is 8. The molecule has 4 atom stereocenters. The predicted molar refractivity (Wildman–Crippen MR) is 476 cm³/mol. The highest BCUT2D eigenvalue weighted by molar-refractivity contribution is 6.08. The molecule has 128 heavy (non-hydrogen) atoms. The SMILES string of the molecule is COc1ccc(NC(=O)[C@H](CCCCNC(=O)OCc2ccccc2)NC(=O)c2cc(NC(=O)[C@H](CCCCNC(=O)OCc3ccccc3)NC(=O)c3cc(NC(=O)[C@H](CCCCNC(=O)OCc4ccccc4)NC(=O)c4cc(NC(=O)[C@H](CCCCNC(=O)OCc5ccccc5)NC(=O)OC(C)(C)C)ccc4OC)ccc3OC)ccc2OC)cc1C(N)=O. The number of carbonyl (C=O) groups excluding carboxylic acids is 13. The fourth-order valence-electron chi connectivity index (χ4n) is 12.8. The number of alkyl carbamates (subject to hydrolysis) is 5. The van der Waals surface area contributed by atoms with Gasteiger partial charge in [0, 0.05) is 48.9 Å². The van der Waals surface area contributed by atoms with E-state index in [-0.39, 0.29) is 178 Å². The molecule has 0 saturated carbocycles. The zero-order valence-corrected chi connectivity index (χ0v) is 72.5. The molecule has 0 aliphatic rings. The second-order valence-electron chi connectivity index (χ2n) is 30.2. The van der Waals surface area contributed by atoms with Crippen LogP contribution < -0.4 is 88.5 Å². The third-order valence-corrected chi connectivity index (χ3v) is 19.3. The number of ether oxygens (including phenoxy) is 9. The van der Waals surface area contributed by atoms with E-state index < -0.39 is 107 Å². The van der Waals surface area contributed by atoms with Crippen molar-refractivity contribution in [3.63, 3.8) is 0 Å². The Morgan fingerprint density at radius 3 is 0.766 bits per heavy atom. The molecule has 0 bridgehead atoms. The zero-order valence-electron chi connectivity index (χ0n) is 72.5. The van der Waals surface area contributed by atoms with Gasteiger partial charge in [-0.3, -0.25) is 38.4 Å². The monoisotopic (exact) mass is 1760 g/mol. The first-order valence-electron chi connectivity index (χ1n) is 41.6. The van der Waals surface area contributed by atoms with Gasteiger partial charge in [0.2, 0.25) is 23.6 Å². The van der Waals surface area contributed by atoms with Crippen molar-refractivity contribution in [3.05, 3.63) is 239 Å². The molecular weight excluding hydrogens is 1650 g/mol. The second-order valence-corrected chi connectivity index (χ2v) is 30.2. The smallest absolute Gasteiger partial charge is 0.408 e. The summed E-state index contributed by atoms with van der Waals surface area (Å²) in [6.07, 6.45) is -1.30. The average Bonchev–Trinajstić information content (AvgIpc) is 0.825. The van der Waals surface area contributed by atoms with Crippen LogP contribution in [0.25, 0.3) is 0 Å². The maximum absolute atomic E-state index is 14.9. The number of methoxy groups -OCH3 is 4. The summed E-state index contributed by atoms with van der Waals surface area (Å²) in [5.74, 6) is -6.20. The lowest BCUT2D eigenvalue weighted by atomic mass is 10.0. The van der Waals surface area contributed by atoms with Crippen LogP contribution in [0.15, 0.2) is 194 Å². The summed E-state index contributed by atoms with van der Waals surface area (Å²) >= 11 is 0. The van der Waals surface area contributed by atoms with Gasteiger partial charge in [0.15, 0.2) is 0 Å². The molecule has 8 aromatic rings. The molecule has 0 spiro atoms. The summed E-state index contributed by atoms with van der Waals surface area (Å²) in [5, 5.41) is 32.8. The molecule has 14 N–H and O–H groups in total. The lowest BCUT2D eigenvalue weighted by Gasteiger charge is -2.23. The molecule has 35 heteroatoms. The number of nitrogens with one attached hydrogen (secondary N) is 12. The fourth-order valence-corrected chi connectivity index (χ4v) is 12.8. The minimum Gasteiger partial charge on any atom is -0.496 e. The Labute approximate surface area is 741 Å². The molecule has 35 nitrogen and oxygen atoms in total. The minimum atomic E-state index is -1.39. The van der Waals surface area contributed by atoms with Gasteiger partial charge in [-0.2, -0.15) is 0 Å². The lowest BCUT2D eigenvalue weighted by molar-refractivity contribution is -0.119. The van der Waals surface area contributed by atoms with E-state index in [1.165, 1.54) is 101 Å². The minimum absolute atomic E-state index is 0.00420. The van der Waals surface area contributed by atoms with Gasteiger partial charge in [0.25, 0.3) is 23.6 Å². The number of amides is 13. The van der Waals surface area contributed by atoms with Crippen molar-refractivity contribution in [2.45, 2.75) is 154 Å². The van der Waals surface area contributed by atoms with Crippen LogP contribution in [0.2, 0.25) is 0 Å². The predicted octanol–water partition coefficient (Wildman–Crippen LogP) is 12.2. The average molecular weight is 1760 g/mol. The van der Waals surface area contributed by atoms with Crippen molar-refractivity contribution in [3.8, 4) is 23.0 Å². The standard InChI is InChI=1S/C93H111N13O22/c1-93(2,3)128-92(119)106-75(39-23-27-51-98-91(118)127-59-63-34-18-11-19-35-63)87(114)102-67-43-47-79(123-7)71(55-67)83(110)105-74(38-22-26-50-97-90(117)126-58-62-32-16-10-17-33-62)86(113)101-66-42-46-78(122-6)70(54-66)82(109)104-73(37-21-25-49-96-89(116)125-57-61-30-14-9-15-31-61)85(112)100-65-41-45-77(121-5)69(53-65)81(108)103-72(84(111)99-64-40-44-76(120-4)68(52-64)80(94)107)36-20-24-48-95-88(115)124-56-60-28-12-8-13-29-60/h8-19,28-35,40-47,52-55,72-75H,20-27,36-39,48-51,56-59H2,1-7H3,(H2,94,107)(H,95,115)(H,96,116)(H,97,117)(H,98,118)(H,99,111)(H,100,112)(H,101,113)(H,102,114)(H,103,108)(H,104,109)(H,105,110)(H,106,119)/t72-,73-,74-,75-/m0/s1. The molecule has 0 aromatic heterocycles. The summed E-state index contributed by atoms with van der Waals surface area (Å²) < 4.78 is 49.1.